The number of alkyl halides is 3. The molecule has 0 saturated carbocycles. The number of amides is 1. The molecule has 0 spiro atoms. The number of hydrogen-bond acceptors (Lipinski definition) is 3. The van der Waals surface area contributed by atoms with Crippen LogP contribution in [0.5, 0.6) is 0 Å². The Balaban J connectivity index is 1.87. The largest absolute Gasteiger partial charge is 0.459 e. The first kappa shape index (κ1) is 16.9. The second-order valence-electron chi connectivity index (χ2n) is 5.51. The molecular formula is C15H21F3N2O2. The fourth-order valence-corrected chi connectivity index (χ4v) is 2.93. The molecule has 4 nitrogen and oxygen atoms in total. The topological polar surface area (TPSA) is 45.5 Å². The fourth-order valence-electron chi connectivity index (χ4n) is 2.93. The van der Waals surface area contributed by atoms with Gasteiger partial charge in [-0.3, -0.25) is 9.69 Å². The highest BCUT2D eigenvalue weighted by molar-refractivity contribution is 5.95. The van der Waals surface area contributed by atoms with Gasteiger partial charge >= 0.3 is 6.18 Å². The van der Waals surface area contributed by atoms with Crippen molar-refractivity contribution in [3.63, 3.8) is 0 Å². The number of nitrogens with one attached hydrogen (secondary N) is 1. The van der Waals surface area contributed by atoms with Gasteiger partial charge in [-0.15, -0.1) is 0 Å². The summed E-state index contributed by atoms with van der Waals surface area (Å²) >= 11 is 0. The summed E-state index contributed by atoms with van der Waals surface area (Å²) < 4.78 is 42.4. The van der Waals surface area contributed by atoms with Crippen molar-refractivity contribution >= 4 is 5.91 Å². The van der Waals surface area contributed by atoms with Crippen molar-refractivity contribution in [3.05, 3.63) is 23.7 Å². The van der Waals surface area contributed by atoms with Gasteiger partial charge in [-0.05, 0) is 31.9 Å². The molecule has 1 aliphatic heterocycles. The van der Waals surface area contributed by atoms with Crippen LogP contribution in [0, 0.1) is 0 Å². The van der Waals surface area contributed by atoms with Gasteiger partial charge in [0.1, 0.15) is 0 Å². The van der Waals surface area contributed by atoms with E-state index in [1.807, 2.05) is 0 Å². The second-order valence-corrected chi connectivity index (χ2v) is 5.51. The molecule has 124 valence electrons. The minimum absolute atomic E-state index is 0.331. The molecule has 2 heterocycles. The van der Waals surface area contributed by atoms with Crippen LogP contribution >= 0.6 is 0 Å². The molecule has 1 unspecified atom stereocenters. The predicted octanol–water partition coefficient (Wildman–Crippen LogP) is 3.29. The molecule has 1 atom stereocenters. The summed E-state index contributed by atoms with van der Waals surface area (Å²) in [6, 6.07) is 1.55. The number of nitrogens with zero attached hydrogens (tertiary/aromatic N) is 1. The Bertz CT molecular complexity index is 499. The lowest BCUT2D eigenvalue weighted by molar-refractivity contribution is -0.153. The molecule has 0 bridgehead atoms. The molecule has 1 amide bonds. The number of hydrogen-bond donors (Lipinski definition) is 1. The van der Waals surface area contributed by atoms with Crippen LogP contribution in [-0.4, -0.2) is 36.5 Å². The van der Waals surface area contributed by atoms with E-state index in [4.69, 9.17) is 0 Å². The summed E-state index contributed by atoms with van der Waals surface area (Å²) in [5, 5.41) is 2.55. The van der Waals surface area contributed by atoms with Crippen LogP contribution in [0.2, 0.25) is 0 Å². The highest BCUT2D eigenvalue weighted by atomic mass is 19.4. The highest BCUT2D eigenvalue weighted by Gasteiger charge is 2.39. The van der Waals surface area contributed by atoms with Gasteiger partial charge in [0.15, 0.2) is 0 Å². The molecule has 1 fully saturated rings. The third kappa shape index (κ3) is 4.03. The van der Waals surface area contributed by atoms with Gasteiger partial charge in [0, 0.05) is 19.1 Å². The van der Waals surface area contributed by atoms with Crippen LogP contribution in [-0.2, 0) is 6.18 Å². The summed E-state index contributed by atoms with van der Waals surface area (Å²) in [5.74, 6) is -1.99. The lowest BCUT2D eigenvalue weighted by Crippen LogP contribution is -2.43. The van der Waals surface area contributed by atoms with E-state index in [1.54, 1.807) is 0 Å². The van der Waals surface area contributed by atoms with E-state index in [1.165, 1.54) is 6.42 Å². The zero-order valence-electron chi connectivity index (χ0n) is 12.6. The number of halogens is 3. The van der Waals surface area contributed by atoms with E-state index >= 15 is 0 Å². The molecule has 22 heavy (non-hydrogen) atoms. The average molecular weight is 318 g/mol. The number of rotatable bonds is 5. The van der Waals surface area contributed by atoms with Crippen LogP contribution in [0.1, 0.15) is 48.7 Å². The number of likely N-dealkylation sites (tertiary alicyclic amines) is 1. The maximum atomic E-state index is 12.7. The van der Waals surface area contributed by atoms with Gasteiger partial charge in [-0.2, -0.15) is 13.2 Å². The van der Waals surface area contributed by atoms with Crippen molar-refractivity contribution in [2.75, 3.05) is 19.6 Å². The smallest absolute Gasteiger partial charge is 0.450 e. The van der Waals surface area contributed by atoms with E-state index in [2.05, 4.69) is 21.6 Å². The molecule has 7 heteroatoms. The van der Waals surface area contributed by atoms with Gasteiger partial charge in [0.25, 0.3) is 5.91 Å². The number of furan rings is 1. The fraction of sp³-hybridized carbons (Fsp3) is 0.667. The maximum absolute atomic E-state index is 12.7. The molecule has 0 radical (unpaired) electrons. The zero-order valence-corrected chi connectivity index (χ0v) is 12.6. The highest BCUT2D eigenvalue weighted by Crippen LogP contribution is 2.32. The van der Waals surface area contributed by atoms with E-state index < -0.39 is 23.4 Å². The molecule has 1 saturated heterocycles. The van der Waals surface area contributed by atoms with Gasteiger partial charge in [-0.25, -0.2) is 0 Å². The summed E-state index contributed by atoms with van der Waals surface area (Å²) in [4.78, 5) is 14.2. The van der Waals surface area contributed by atoms with Crippen LogP contribution in [0.25, 0.3) is 0 Å². The van der Waals surface area contributed by atoms with Crippen molar-refractivity contribution in [1.82, 2.24) is 10.2 Å². The van der Waals surface area contributed by atoms with E-state index in [9.17, 15) is 18.0 Å². The summed E-state index contributed by atoms with van der Waals surface area (Å²) in [6.45, 7) is 4.10. The average Bonchev–Trinajstić information content (AvgIpc) is 2.97. The third-order valence-electron chi connectivity index (χ3n) is 4.07. The number of piperidine rings is 1. The first-order chi connectivity index (χ1) is 10.4. The Morgan fingerprint density at radius 2 is 2.23 bits per heavy atom. The van der Waals surface area contributed by atoms with E-state index in [0.717, 1.165) is 38.1 Å². The molecular weight excluding hydrogens is 297 g/mol. The molecule has 0 aliphatic carbocycles. The summed E-state index contributed by atoms with van der Waals surface area (Å²) in [7, 11) is 0. The molecule has 1 aromatic heterocycles. The summed E-state index contributed by atoms with van der Waals surface area (Å²) in [5.41, 5.74) is -0.460. The van der Waals surface area contributed by atoms with Crippen LogP contribution in [0.4, 0.5) is 13.2 Å². The predicted molar refractivity (Wildman–Crippen MR) is 75.5 cm³/mol. The molecule has 2 rings (SSSR count). The Labute approximate surface area is 127 Å². The quantitative estimate of drug-likeness (QED) is 0.906. The van der Waals surface area contributed by atoms with Crippen LogP contribution in [0.3, 0.4) is 0 Å². The van der Waals surface area contributed by atoms with E-state index in [-0.39, 0.29) is 0 Å². The van der Waals surface area contributed by atoms with Crippen molar-refractivity contribution < 1.29 is 22.4 Å². The first-order valence-electron chi connectivity index (χ1n) is 7.60. The lowest BCUT2D eigenvalue weighted by atomic mass is 10.0. The SMILES string of the molecule is CCC1CCCCN1CCNC(=O)c1ccoc1C(F)(F)F. The van der Waals surface area contributed by atoms with Crippen molar-refractivity contribution in [1.29, 1.82) is 0 Å². The van der Waals surface area contributed by atoms with Crippen LogP contribution in [0.15, 0.2) is 16.7 Å². The number of carbonyl (C=O) groups is 1. The van der Waals surface area contributed by atoms with Gasteiger partial charge in [0.05, 0.1) is 11.8 Å². The van der Waals surface area contributed by atoms with Crippen molar-refractivity contribution in [2.24, 2.45) is 0 Å². The Morgan fingerprint density at radius 3 is 2.91 bits per heavy atom. The molecule has 1 N–H and O–H groups in total. The standard InChI is InChI=1S/C15H21F3N2O2/c1-2-11-5-3-4-8-20(11)9-7-19-14(21)12-6-10-22-13(12)15(16,17)18/h6,10-11H,2-5,7-9H2,1H3,(H,19,21). The van der Waals surface area contributed by atoms with Crippen LogP contribution < -0.4 is 5.32 Å². The maximum Gasteiger partial charge on any atom is 0.450 e. The summed E-state index contributed by atoms with van der Waals surface area (Å²) in [6.07, 6.45) is 0.764. The minimum atomic E-state index is -4.66. The normalized spacial score (nSPS) is 20.1. The third-order valence-corrected chi connectivity index (χ3v) is 4.07. The van der Waals surface area contributed by atoms with Gasteiger partial charge in [-0.1, -0.05) is 13.3 Å². The Morgan fingerprint density at radius 1 is 1.45 bits per heavy atom. The first-order valence-corrected chi connectivity index (χ1v) is 7.60. The van der Waals surface area contributed by atoms with Gasteiger partial charge in [0.2, 0.25) is 5.76 Å². The van der Waals surface area contributed by atoms with Gasteiger partial charge < -0.3 is 9.73 Å². The zero-order chi connectivity index (χ0) is 16.2. The monoisotopic (exact) mass is 318 g/mol. The van der Waals surface area contributed by atoms with Crippen molar-refractivity contribution in [2.45, 2.75) is 44.8 Å². The Kier molecular flexibility index (Phi) is 5.50. The minimum Gasteiger partial charge on any atom is -0.459 e. The molecule has 1 aromatic rings. The number of carbonyl (C=O) groups excluding carboxylic acids is 1. The lowest BCUT2D eigenvalue weighted by Gasteiger charge is -2.35. The van der Waals surface area contributed by atoms with E-state index in [0.29, 0.717) is 19.1 Å². The molecule has 0 aromatic carbocycles. The van der Waals surface area contributed by atoms with Crippen molar-refractivity contribution in [3.8, 4) is 0 Å². The second kappa shape index (κ2) is 7.17. The molecule has 1 aliphatic rings. The Hall–Kier alpha value is -1.50.